The first kappa shape index (κ1) is 19.4. The fourth-order valence-electron chi connectivity index (χ4n) is 2.92. The number of nitro benzene ring substituents is 1. The van der Waals surface area contributed by atoms with Crippen LogP contribution in [-0.4, -0.2) is 26.3 Å². The van der Waals surface area contributed by atoms with Gasteiger partial charge in [-0.05, 0) is 42.8 Å². The molecule has 30 heavy (non-hydrogen) atoms. The minimum Gasteiger partial charge on any atom is -0.507 e. The van der Waals surface area contributed by atoms with E-state index >= 15 is 0 Å². The lowest BCUT2D eigenvalue weighted by atomic mass is 10.1. The zero-order valence-corrected chi connectivity index (χ0v) is 16.3. The third-order valence-electron chi connectivity index (χ3n) is 4.39. The van der Waals surface area contributed by atoms with Crippen LogP contribution in [0.3, 0.4) is 0 Å². The number of phenols is 2. The quantitative estimate of drug-likeness (QED) is 0.253. The van der Waals surface area contributed by atoms with Crippen molar-refractivity contribution >= 4 is 40.3 Å². The molecule has 9 heteroatoms. The Kier molecular flexibility index (Phi) is 4.85. The molecule has 8 nitrogen and oxygen atoms in total. The molecule has 3 aromatic carbocycles. The number of hydrogen-bond acceptors (Lipinski definition) is 7. The molecule has 1 heterocycles. The monoisotopic (exact) mass is 423 g/mol. The highest BCUT2D eigenvalue weighted by atomic mass is 35.5. The van der Waals surface area contributed by atoms with E-state index in [9.17, 15) is 20.3 Å². The number of aromatic hydroxyl groups is 2. The van der Waals surface area contributed by atoms with Crippen LogP contribution in [0.2, 0.25) is 5.02 Å². The molecule has 0 unspecified atom stereocenters. The molecule has 0 amide bonds. The predicted octanol–water partition coefficient (Wildman–Crippen LogP) is 5.53. The van der Waals surface area contributed by atoms with Gasteiger partial charge in [0.2, 0.25) is 11.6 Å². The number of oxazole rings is 1. The summed E-state index contributed by atoms with van der Waals surface area (Å²) in [6, 6.07) is 12.6. The summed E-state index contributed by atoms with van der Waals surface area (Å²) in [4.78, 5) is 18.8. The lowest BCUT2D eigenvalue weighted by Crippen LogP contribution is -1.92. The third kappa shape index (κ3) is 3.68. The number of aromatic nitrogens is 1. The van der Waals surface area contributed by atoms with E-state index in [1.807, 2.05) is 25.1 Å². The van der Waals surface area contributed by atoms with E-state index in [1.54, 1.807) is 12.1 Å². The van der Waals surface area contributed by atoms with Gasteiger partial charge in [0, 0.05) is 28.9 Å². The fraction of sp³-hybridized carbons (Fsp3) is 0.0476. The van der Waals surface area contributed by atoms with Crippen LogP contribution in [0, 0.1) is 17.0 Å². The van der Waals surface area contributed by atoms with Gasteiger partial charge in [-0.25, -0.2) is 4.98 Å². The van der Waals surface area contributed by atoms with Crippen molar-refractivity contribution in [3.8, 4) is 23.0 Å². The van der Waals surface area contributed by atoms with Gasteiger partial charge in [0.25, 0.3) is 0 Å². The summed E-state index contributed by atoms with van der Waals surface area (Å²) in [7, 11) is 0. The molecule has 4 rings (SSSR count). The molecule has 1 aromatic heterocycles. The van der Waals surface area contributed by atoms with Crippen LogP contribution in [0.5, 0.6) is 11.5 Å². The van der Waals surface area contributed by atoms with Gasteiger partial charge in [-0.2, -0.15) is 0 Å². The van der Waals surface area contributed by atoms with Crippen molar-refractivity contribution in [1.82, 2.24) is 4.98 Å². The van der Waals surface area contributed by atoms with Crippen molar-refractivity contribution < 1.29 is 19.6 Å². The minimum absolute atomic E-state index is 0.0760. The molecule has 0 fully saturated rings. The van der Waals surface area contributed by atoms with Crippen molar-refractivity contribution in [3.05, 3.63) is 74.8 Å². The average molecular weight is 424 g/mol. The van der Waals surface area contributed by atoms with Crippen LogP contribution >= 0.6 is 11.6 Å². The summed E-state index contributed by atoms with van der Waals surface area (Å²) < 4.78 is 5.73. The van der Waals surface area contributed by atoms with Gasteiger partial charge in [-0.15, -0.1) is 0 Å². The highest BCUT2D eigenvalue weighted by Gasteiger charge is 2.18. The second-order valence-corrected chi connectivity index (χ2v) is 7.01. The Bertz CT molecular complexity index is 1330. The van der Waals surface area contributed by atoms with Gasteiger partial charge in [-0.1, -0.05) is 17.7 Å². The normalized spacial score (nSPS) is 11.4. The molecule has 0 saturated carbocycles. The maximum Gasteiger partial charge on any atom is 0.312 e. The molecule has 2 N–H and O–H groups in total. The topological polar surface area (TPSA) is 122 Å². The Hall–Kier alpha value is -3.91. The molecule has 0 radical (unpaired) electrons. The van der Waals surface area contributed by atoms with Gasteiger partial charge >= 0.3 is 5.69 Å². The first-order chi connectivity index (χ1) is 14.3. The number of nitro groups is 1. The smallest absolute Gasteiger partial charge is 0.312 e. The number of halogens is 1. The van der Waals surface area contributed by atoms with Crippen LogP contribution in [0.4, 0.5) is 11.4 Å². The zero-order valence-electron chi connectivity index (χ0n) is 15.5. The molecule has 150 valence electrons. The number of phenolic OH excluding ortho intramolecular Hbond substituents is 2. The molecule has 4 aromatic rings. The van der Waals surface area contributed by atoms with Crippen molar-refractivity contribution in [3.63, 3.8) is 0 Å². The second-order valence-electron chi connectivity index (χ2n) is 6.57. The van der Waals surface area contributed by atoms with Crippen LogP contribution in [0.1, 0.15) is 11.1 Å². The summed E-state index contributed by atoms with van der Waals surface area (Å²) in [5.41, 5.74) is 2.62. The van der Waals surface area contributed by atoms with Gasteiger partial charge in [0.15, 0.2) is 5.58 Å². The lowest BCUT2D eigenvalue weighted by molar-refractivity contribution is -0.385. The van der Waals surface area contributed by atoms with Gasteiger partial charge in [0.1, 0.15) is 11.3 Å². The van der Waals surface area contributed by atoms with E-state index in [2.05, 4.69) is 9.98 Å². The summed E-state index contributed by atoms with van der Waals surface area (Å²) in [6.07, 6.45) is 1.23. The van der Waals surface area contributed by atoms with Crippen LogP contribution in [0.25, 0.3) is 22.6 Å². The van der Waals surface area contributed by atoms with Crippen molar-refractivity contribution in [2.75, 3.05) is 0 Å². The maximum atomic E-state index is 11.0. The Morgan fingerprint density at radius 3 is 2.70 bits per heavy atom. The molecule has 0 atom stereocenters. The summed E-state index contributed by atoms with van der Waals surface area (Å²) in [5, 5.41) is 31.5. The number of fused-ring (bicyclic) bond motifs is 1. The molecular weight excluding hydrogens is 410 g/mol. The van der Waals surface area contributed by atoms with Crippen LogP contribution in [-0.2, 0) is 0 Å². The average Bonchev–Trinajstić information content (AvgIpc) is 3.10. The van der Waals surface area contributed by atoms with Crippen molar-refractivity contribution in [2.45, 2.75) is 6.92 Å². The van der Waals surface area contributed by atoms with Crippen molar-refractivity contribution in [2.24, 2.45) is 4.99 Å². The second kappa shape index (κ2) is 7.49. The van der Waals surface area contributed by atoms with E-state index in [-0.39, 0.29) is 22.2 Å². The van der Waals surface area contributed by atoms with Crippen LogP contribution in [0.15, 0.2) is 57.9 Å². The Labute approximate surface area is 174 Å². The molecule has 0 aliphatic rings. The largest absolute Gasteiger partial charge is 0.507 e. The fourth-order valence-corrected chi connectivity index (χ4v) is 3.14. The molecule has 0 spiro atoms. The van der Waals surface area contributed by atoms with Gasteiger partial charge in [-0.3, -0.25) is 15.1 Å². The molecule has 0 bridgehead atoms. The molecular formula is C21H14ClN3O5. The summed E-state index contributed by atoms with van der Waals surface area (Å²) in [6.45, 7) is 1.94. The number of nitrogens with zero attached hydrogens (tertiary/aromatic N) is 3. The Balaban J connectivity index is 1.66. The summed E-state index contributed by atoms with van der Waals surface area (Å²) in [5.74, 6) is -0.378. The zero-order chi connectivity index (χ0) is 21.4. The third-order valence-corrected chi connectivity index (χ3v) is 4.61. The molecule has 0 aliphatic heterocycles. The van der Waals surface area contributed by atoms with E-state index in [4.69, 9.17) is 16.0 Å². The number of hydrogen-bond donors (Lipinski definition) is 2. The van der Waals surface area contributed by atoms with Crippen molar-refractivity contribution in [1.29, 1.82) is 0 Å². The lowest BCUT2D eigenvalue weighted by Gasteiger charge is -2.03. The number of aryl methyl sites for hydroxylation is 1. The van der Waals surface area contributed by atoms with E-state index in [0.29, 0.717) is 22.4 Å². The highest BCUT2D eigenvalue weighted by Crippen LogP contribution is 2.35. The van der Waals surface area contributed by atoms with Crippen LogP contribution < -0.4 is 0 Å². The first-order valence-electron chi connectivity index (χ1n) is 8.73. The standard InChI is InChI=1S/C21H14ClN3O5/c1-11-2-5-16-19(6-11)30-21(24-16)15-4-3-14(9-18(15)26)23-10-12-7-13(22)8-17(20(12)27)25(28)29/h2-10,26-27H,1H3. The predicted molar refractivity (Wildman–Crippen MR) is 113 cm³/mol. The molecule has 0 saturated heterocycles. The van der Waals surface area contributed by atoms with E-state index in [0.717, 1.165) is 11.6 Å². The number of benzene rings is 3. The minimum atomic E-state index is -0.735. The van der Waals surface area contributed by atoms with E-state index in [1.165, 1.54) is 18.3 Å². The first-order valence-corrected chi connectivity index (χ1v) is 9.11. The summed E-state index contributed by atoms with van der Waals surface area (Å²) >= 11 is 5.87. The number of rotatable bonds is 4. The maximum absolute atomic E-state index is 11.0. The van der Waals surface area contributed by atoms with Gasteiger partial charge in [0.05, 0.1) is 16.2 Å². The Morgan fingerprint density at radius 2 is 1.97 bits per heavy atom. The van der Waals surface area contributed by atoms with E-state index < -0.39 is 16.4 Å². The SMILES string of the molecule is Cc1ccc2nc(-c3ccc(N=Cc4cc(Cl)cc([N+](=O)[O-])c4O)cc3O)oc2c1. The van der Waals surface area contributed by atoms with Gasteiger partial charge < -0.3 is 14.6 Å². The highest BCUT2D eigenvalue weighted by molar-refractivity contribution is 6.31. The molecule has 0 aliphatic carbocycles. The Morgan fingerprint density at radius 1 is 1.17 bits per heavy atom. The number of aliphatic imine (C=N–C) groups is 1.